The zero-order chi connectivity index (χ0) is 19.6. The standard InChI is InChI=1S/C21H23F2NO3/c1-13-4-6-16(10-14(13)2)20(25)24(17-7-8-17)12-15-5-9-18(27-21(22)23)19(11-15)26-3/h4-6,9-11,17,21H,7-8,12H2,1-3H3. The van der Waals surface area contributed by atoms with Crippen molar-refractivity contribution in [2.75, 3.05) is 7.11 Å². The number of hydrogen-bond donors (Lipinski definition) is 0. The zero-order valence-corrected chi connectivity index (χ0v) is 15.7. The molecule has 2 aromatic rings. The molecule has 1 fully saturated rings. The first-order valence-electron chi connectivity index (χ1n) is 8.89. The van der Waals surface area contributed by atoms with E-state index in [4.69, 9.17) is 4.74 Å². The van der Waals surface area contributed by atoms with E-state index < -0.39 is 6.61 Å². The van der Waals surface area contributed by atoms with E-state index in [2.05, 4.69) is 4.74 Å². The van der Waals surface area contributed by atoms with E-state index in [0.717, 1.165) is 29.5 Å². The molecule has 0 radical (unpaired) electrons. The van der Waals surface area contributed by atoms with Crippen LogP contribution in [0, 0.1) is 13.8 Å². The fraction of sp³-hybridized carbons (Fsp3) is 0.381. The van der Waals surface area contributed by atoms with Crippen molar-refractivity contribution in [2.24, 2.45) is 0 Å². The highest BCUT2D eigenvalue weighted by Crippen LogP contribution is 2.33. The highest BCUT2D eigenvalue weighted by molar-refractivity contribution is 5.95. The fourth-order valence-corrected chi connectivity index (χ4v) is 2.99. The van der Waals surface area contributed by atoms with E-state index in [-0.39, 0.29) is 23.4 Å². The van der Waals surface area contributed by atoms with Gasteiger partial charge in [0.05, 0.1) is 7.11 Å². The molecule has 0 atom stereocenters. The number of hydrogen-bond acceptors (Lipinski definition) is 3. The topological polar surface area (TPSA) is 38.8 Å². The lowest BCUT2D eigenvalue weighted by Crippen LogP contribution is -2.32. The van der Waals surface area contributed by atoms with Crippen LogP contribution in [0.1, 0.15) is 39.9 Å². The average molecular weight is 375 g/mol. The lowest BCUT2D eigenvalue weighted by molar-refractivity contribution is -0.0512. The van der Waals surface area contributed by atoms with Gasteiger partial charge in [0, 0.05) is 18.2 Å². The summed E-state index contributed by atoms with van der Waals surface area (Å²) in [6, 6.07) is 10.7. The zero-order valence-electron chi connectivity index (χ0n) is 15.7. The van der Waals surface area contributed by atoms with Crippen LogP contribution in [-0.4, -0.2) is 30.6 Å². The van der Waals surface area contributed by atoms with Crippen LogP contribution in [0.2, 0.25) is 0 Å². The van der Waals surface area contributed by atoms with Gasteiger partial charge in [-0.15, -0.1) is 0 Å². The Labute approximate surface area is 157 Å². The second-order valence-electron chi connectivity index (χ2n) is 6.83. The van der Waals surface area contributed by atoms with Crippen molar-refractivity contribution in [3.8, 4) is 11.5 Å². The number of nitrogens with zero attached hydrogens (tertiary/aromatic N) is 1. The normalized spacial score (nSPS) is 13.6. The third-order valence-electron chi connectivity index (χ3n) is 4.80. The van der Waals surface area contributed by atoms with Gasteiger partial charge in [-0.1, -0.05) is 12.1 Å². The predicted octanol–water partition coefficient (Wildman–Crippen LogP) is 4.72. The minimum atomic E-state index is -2.92. The molecule has 144 valence electrons. The van der Waals surface area contributed by atoms with E-state index in [0.29, 0.717) is 12.1 Å². The smallest absolute Gasteiger partial charge is 0.387 e. The predicted molar refractivity (Wildman–Crippen MR) is 98.4 cm³/mol. The Bertz CT molecular complexity index is 834. The first-order chi connectivity index (χ1) is 12.9. The molecule has 0 bridgehead atoms. The van der Waals surface area contributed by atoms with Crippen LogP contribution in [0.15, 0.2) is 36.4 Å². The summed E-state index contributed by atoms with van der Waals surface area (Å²) >= 11 is 0. The van der Waals surface area contributed by atoms with Gasteiger partial charge in [-0.05, 0) is 67.6 Å². The van der Waals surface area contributed by atoms with Gasteiger partial charge in [-0.25, -0.2) is 0 Å². The van der Waals surface area contributed by atoms with E-state index in [1.54, 1.807) is 12.1 Å². The van der Waals surface area contributed by atoms with Crippen LogP contribution in [0.5, 0.6) is 11.5 Å². The highest BCUT2D eigenvalue weighted by atomic mass is 19.3. The average Bonchev–Trinajstić information content (AvgIpc) is 3.47. The van der Waals surface area contributed by atoms with Crippen molar-refractivity contribution in [1.29, 1.82) is 0 Å². The number of benzene rings is 2. The molecule has 1 aliphatic carbocycles. The number of amides is 1. The Balaban J connectivity index is 1.82. The summed E-state index contributed by atoms with van der Waals surface area (Å²) in [5.41, 5.74) is 3.68. The molecule has 27 heavy (non-hydrogen) atoms. The molecule has 1 aliphatic rings. The summed E-state index contributed by atoms with van der Waals surface area (Å²) in [7, 11) is 1.40. The van der Waals surface area contributed by atoms with E-state index >= 15 is 0 Å². The van der Waals surface area contributed by atoms with Gasteiger partial charge in [0.25, 0.3) is 5.91 Å². The summed E-state index contributed by atoms with van der Waals surface area (Å²) < 4.78 is 34.6. The number of ether oxygens (including phenoxy) is 2. The summed E-state index contributed by atoms with van der Waals surface area (Å²) in [6.45, 7) is 1.47. The van der Waals surface area contributed by atoms with Crippen molar-refractivity contribution in [1.82, 2.24) is 4.90 Å². The molecule has 4 nitrogen and oxygen atoms in total. The van der Waals surface area contributed by atoms with Crippen molar-refractivity contribution in [3.05, 3.63) is 58.7 Å². The molecule has 2 aromatic carbocycles. The number of aryl methyl sites for hydroxylation is 2. The molecule has 0 heterocycles. The second kappa shape index (κ2) is 7.94. The van der Waals surface area contributed by atoms with E-state index in [1.165, 1.54) is 13.2 Å². The van der Waals surface area contributed by atoms with E-state index in [9.17, 15) is 13.6 Å². The molecule has 0 aromatic heterocycles. The Hall–Kier alpha value is -2.63. The molecule has 3 rings (SSSR count). The largest absolute Gasteiger partial charge is 0.493 e. The molecule has 0 N–H and O–H groups in total. The molecular formula is C21H23F2NO3. The Morgan fingerprint density at radius 1 is 1.11 bits per heavy atom. The van der Waals surface area contributed by atoms with Crippen molar-refractivity contribution < 1.29 is 23.0 Å². The molecule has 1 amide bonds. The molecule has 6 heteroatoms. The van der Waals surface area contributed by atoms with Crippen LogP contribution < -0.4 is 9.47 Å². The maximum atomic E-state index is 13.0. The molecule has 0 saturated heterocycles. The second-order valence-corrected chi connectivity index (χ2v) is 6.83. The summed E-state index contributed by atoms with van der Waals surface area (Å²) in [5.74, 6) is 0.185. The third-order valence-corrected chi connectivity index (χ3v) is 4.80. The third kappa shape index (κ3) is 4.56. The van der Waals surface area contributed by atoms with Gasteiger partial charge in [0.2, 0.25) is 0 Å². The number of methoxy groups -OCH3 is 1. The quantitative estimate of drug-likeness (QED) is 0.703. The van der Waals surface area contributed by atoms with Gasteiger partial charge >= 0.3 is 6.61 Å². The van der Waals surface area contributed by atoms with Gasteiger partial charge in [-0.2, -0.15) is 8.78 Å². The van der Waals surface area contributed by atoms with Crippen LogP contribution in [-0.2, 0) is 6.54 Å². The Morgan fingerprint density at radius 2 is 1.85 bits per heavy atom. The SMILES string of the molecule is COc1cc(CN(C(=O)c2ccc(C)c(C)c2)C2CC2)ccc1OC(F)F. The minimum absolute atomic E-state index is 0.0188. The number of alkyl halides is 2. The molecular weight excluding hydrogens is 352 g/mol. The molecule has 0 aliphatic heterocycles. The number of rotatable bonds is 7. The summed E-state index contributed by atoms with van der Waals surface area (Å²) in [4.78, 5) is 14.9. The fourth-order valence-electron chi connectivity index (χ4n) is 2.99. The number of carbonyl (C=O) groups excluding carboxylic acids is 1. The van der Waals surface area contributed by atoms with Crippen LogP contribution in [0.4, 0.5) is 8.78 Å². The van der Waals surface area contributed by atoms with Crippen molar-refractivity contribution in [2.45, 2.75) is 45.9 Å². The van der Waals surface area contributed by atoms with Crippen LogP contribution >= 0.6 is 0 Å². The molecule has 0 unspecified atom stereocenters. The van der Waals surface area contributed by atoms with Gasteiger partial charge in [0.1, 0.15) is 0 Å². The summed E-state index contributed by atoms with van der Waals surface area (Å²) in [6.07, 6.45) is 1.95. The molecule has 1 saturated carbocycles. The van der Waals surface area contributed by atoms with Gasteiger partial charge < -0.3 is 14.4 Å². The number of carbonyl (C=O) groups is 1. The first kappa shape index (κ1) is 19.1. The first-order valence-corrected chi connectivity index (χ1v) is 8.89. The van der Waals surface area contributed by atoms with Crippen LogP contribution in [0.25, 0.3) is 0 Å². The van der Waals surface area contributed by atoms with Gasteiger partial charge in [0.15, 0.2) is 11.5 Å². The van der Waals surface area contributed by atoms with Crippen LogP contribution in [0.3, 0.4) is 0 Å². The Kier molecular flexibility index (Phi) is 5.63. The lowest BCUT2D eigenvalue weighted by Gasteiger charge is -2.23. The highest BCUT2D eigenvalue weighted by Gasteiger charge is 2.33. The monoisotopic (exact) mass is 375 g/mol. The maximum Gasteiger partial charge on any atom is 0.387 e. The minimum Gasteiger partial charge on any atom is -0.493 e. The van der Waals surface area contributed by atoms with E-state index in [1.807, 2.05) is 36.9 Å². The number of halogens is 2. The van der Waals surface area contributed by atoms with Crippen molar-refractivity contribution >= 4 is 5.91 Å². The Morgan fingerprint density at radius 3 is 2.44 bits per heavy atom. The summed E-state index contributed by atoms with van der Waals surface area (Å²) in [5, 5.41) is 0. The van der Waals surface area contributed by atoms with Crippen molar-refractivity contribution in [3.63, 3.8) is 0 Å². The molecule has 0 spiro atoms. The van der Waals surface area contributed by atoms with Gasteiger partial charge in [-0.3, -0.25) is 4.79 Å². The maximum absolute atomic E-state index is 13.0. The lowest BCUT2D eigenvalue weighted by atomic mass is 10.0.